The van der Waals surface area contributed by atoms with Gasteiger partial charge in [-0.25, -0.2) is 0 Å². The van der Waals surface area contributed by atoms with Gasteiger partial charge in [-0.1, -0.05) is 31.0 Å². The Morgan fingerprint density at radius 2 is 1.96 bits per heavy atom. The van der Waals surface area contributed by atoms with Crippen molar-refractivity contribution in [2.24, 2.45) is 0 Å². The molecule has 1 aromatic carbocycles. The van der Waals surface area contributed by atoms with Gasteiger partial charge in [-0.2, -0.15) is 9.90 Å². The molecule has 0 unspecified atom stereocenters. The number of nitrogens with zero attached hydrogens (tertiary/aromatic N) is 4. The van der Waals surface area contributed by atoms with Gasteiger partial charge in [-0.05, 0) is 25.0 Å². The van der Waals surface area contributed by atoms with Gasteiger partial charge in [0.25, 0.3) is 5.91 Å². The minimum Gasteiger partial charge on any atom is -0.350 e. The van der Waals surface area contributed by atoms with E-state index < -0.39 is 0 Å². The molecular weight excluding hydrogens is 306 g/mol. The normalized spacial score (nSPS) is 23.5. The van der Waals surface area contributed by atoms with Crippen molar-refractivity contribution in [3.8, 4) is 5.69 Å². The van der Waals surface area contributed by atoms with Crippen LogP contribution in [0.3, 0.4) is 0 Å². The highest BCUT2D eigenvalue weighted by atomic mass is 16.2. The zero-order valence-corrected chi connectivity index (χ0v) is 13.3. The van der Waals surface area contributed by atoms with Crippen molar-refractivity contribution in [3.05, 3.63) is 42.2 Å². The molecule has 1 aromatic heterocycles. The van der Waals surface area contributed by atoms with Crippen LogP contribution < -0.4 is 5.32 Å². The van der Waals surface area contributed by atoms with Crippen molar-refractivity contribution in [1.29, 1.82) is 0 Å². The number of rotatable bonds is 2. The predicted molar refractivity (Wildman–Crippen MR) is 86.6 cm³/mol. The second kappa shape index (κ2) is 6.07. The van der Waals surface area contributed by atoms with Gasteiger partial charge < -0.3 is 10.2 Å². The van der Waals surface area contributed by atoms with Crippen LogP contribution in [-0.2, 0) is 4.79 Å². The highest BCUT2D eigenvalue weighted by Crippen LogP contribution is 2.26. The van der Waals surface area contributed by atoms with Gasteiger partial charge in [0.2, 0.25) is 5.91 Å². The first-order valence-electron chi connectivity index (χ1n) is 8.30. The summed E-state index contributed by atoms with van der Waals surface area (Å²) < 4.78 is 0. The van der Waals surface area contributed by atoms with Crippen molar-refractivity contribution in [2.45, 2.75) is 37.8 Å². The lowest BCUT2D eigenvalue weighted by Gasteiger charge is -2.43. The van der Waals surface area contributed by atoms with Gasteiger partial charge in [-0.15, -0.1) is 5.10 Å². The SMILES string of the molecule is O=C1CN(C(=O)c2cnn(-c3ccccc3)n2)[C@@H]2CCCC[C@@H]2N1. The quantitative estimate of drug-likeness (QED) is 0.898. The van der Waals surface area contributed by atoms with Crippen LogP contribution in [0.5, 0.6) is 0 Å². The zero-order chi connectivity index (χ0) is 16.5. The lowest BCUT2D eigenvalue weighted by Crippen LogP contribution is -2.62. The molecule has 2 aliphatic rings. The van der Waals surface area contributed by atoms with Crippen molar-refractivity contribution in [2.75, 3.05) is 6.54 Å². The minimum atomic E-state index is -0.219. The topological polar surface area (TPSA) is 80.1 Å². The van der Waals surface area contributed by atoms with Gasteiger partial charge in [0, 0.05) is 6.04 Å². The number of hydrogen-bond donors (Lipinski definition) is 1. The minimum absolute atomic E-state index is 0.0609. The second-order valence-corrected chi connectivity index (χ2v) is 6.31. The Bertz CT molecular complexity index is 757. The van der Waals surface area contributed by atoms with Crippen LogP contribution in [0.25, 0.3) is 5.69 Å². The molecule has 1 N–H and O–H groups in total. The first-order valence-corrected chi connectivity index (χ1v) is 8.30. The van der Waals surface area contributed by atoms with Crippen LogP contribution in [0, 0.1) is 0 Å². The van der Waals surface area contributed by atoms with Crippen LogP contribution in [0.2, 0.25) is 0 Å². The molecule has 7 heteroatoms. The number of amides is 2. The summed E-state index contributed by atoms with van der Waals surface area (Å²) in [5, 5.41) is 11.5. The lowest BCUT2D eigenvalue weighted by atomic mass is 9.87. The third kappa shape index (κ3) is 2.66. The van der Waals surface area contributed by atoms with E-state index in [1.807, 2.05) is 30.3 Å². The molecule has 7 nitrogen and oxygen atoms in total. The molecule has 1 aliphatic carbocycles. The fraction of sp³-hybridized carbons (Fsp3) is 0.412. The Morgan fingerprint density at radius 3 is 2.79 bits per heavy atom. The highest BCUT2D eigenvalue weighted by molar-refractivity contribution is 5.95. The monoisotopic (exact) mass is 325 g/mol. The smallest absolute Gasteiger partial charge is 0.276 e. The molecule has 24 heavy (non-hydrogen) atoms. The average Bonchev–Trinajstić information content (AvgIpc) is 3.11. The summed E-state index contributed by atoms with van der Waals surface area (Å²) in [6, 6.07) is 9.57. The molecule has 4 rings (SSSR count). The Morgan fingerprint density at radius 1 is 1.17 bits per heavy atom. The number of aromatic nitrogens is 3. The molecule has 2 amide bonds. The van der Waals surface area contributed by atoms with Crippen LogP contribution in [0.1, 0.15) is 36.2 Å². The Balaban J connectivity index is 1.58. The summed E-state index contributed by atoms with van der Waals surface area (Å²) in [6.07, 6.45) is 5.49. The lowest BCUT2D eigenvalue weighted by molar-refractivity contribution is -0.127. The van der Waals surface area contributed by atoms with Crippen molar-refractivity contribution in [3.63, 3.8) is 0 Å². The molecule has 124 valence electrons. The third-order valence-electron chi connectivity index (χ3n) is 4.75. The Kier molecular flexibility index (Phi) is 3.76. The number of fused-ring (bicyclic) bond motifs is 1. The standard InChI is InChI=1S/C17H19N5O2/c23-16-11-21(15-9-5-4-8-13(15)19-16)17(24)14-10-18-22(20-14)12-6-2-1-3-7-12/h1-3,6-7,10,13,15H,4-5,8-9,11H2,(H,19,23)/t13-,15+/m0/s1. The third-order valence-corrected chi connectivity index (χ3v) is 4.75. The predicted octanol–water partition coefficient (Wildman–Crippen LogP) is 1.15. The van der Waals surface area contributed by atoms with E-state index in [4.69, 9.17) is 0 Å². The van der Waals surface area contributed by atoms with E-state index in [-0.39, 0.29) is 36.1 Å². The first kappa shape index (κ1) is 14.9. The van der Waals surface area contributed by atoms with Crippen molar-refractivity contribution in [1.82, 2.24) is 25.2 Å². The van der Waals surface area contributed by atoms with Crippen molar-refractivity contribution < 1.29 is 9.59 Å². The van der Waals surface area contributed by atoms with Gasteiger partial charge in [0.15, 0.2) is 5.69 Å². The molecule has 2 atom stereocenters. The molecule has 0 bridgehead atoms. The number of benzene rings is 1. The second-order valence-electron chi connectivity index (χ2n) is 6.31. The summed E-state index contributed by atoms with van der Waals surface area (Å²) >= 11 is 0. The fourth-order valence-electron chi connectivity index (χ4n) is 3.59. The number of hydrogen-bond acceptors (Lipinski definition) is 4. The summed E-state index contributed by atoms with van der Waals surface area (Å²) in [5.41, 5.74) is 1.07. The molecule has 2 aromatic rings. The van der Waals surface area contributed by atoms with E-state index >= 15 is 0 Å². The van der Waals surface area contributed by atoms with Crippen LogP contribution in [-0.4, -0.2) is 50.3 Å². The average molecular weight is 325 g/mol. The van der Waals surface area contributed by atoms with E-state index in [1.54, 1.807) is 4.90 Å². The van der Waals surface area contributed by atoms with Gasteiger partial charge in [0.05, 0.1) is 17.9 Å². The maximum Gasteiger partial charge on any atom is 0.276 e. The van der Waals surface area contributed by atoms with Crippen molar-refractivity contribution >= 4 is 11.8 Å². The Hall–Kier alpha value is -2.70. The summed E-state index contributed by atoms with van der Waals surface area (Å²) in [7, 11) is 0. The molecule has 1 aliphatic heterocycles. The van der Waals surface area contributed by atoms with Gasteiger partial charge >= 0.3 is 0 Å². The van der Waals surface area contributed by atoms with Crippen LogP contribution in [0.15, 0.2) is 36.5 Å². The molecule has 2 fully saturated rings. The summed E-state index contributed by atoms with van der Waals surface area (Å²) in [4.78, 5) is 27.9. The van der Waals surface area contributed by atoms with E-state index in [2.05, 4.69) is 15.5 Å². The first-order chi connectivity index (χ1) is 11.7. The van der Waals surface area contributed by atoms with E-state index in [1.165, 1.54) is 11.0 Å². The van der Waals surface area contributed by atoms with E-state index in [9.17, 15) is 9.59 Å². The van der Waals surface area contributed by atoms with Crippen LogP contribution >= 0.6 is 0 Å². The number of piperazine rings is 1. The van der Waals surface area contributed by atoms with E-state index in [0.29, 0.717) is 0 Å². The molecule has 1 saturated heterocycles. The number of para-hydroxylation sites is 1. The van der Waals surface area contributed by atoms with Gasteiger partial charge in [-0.3, -0.25) is 9.59 Å². The van der Waals surface area contributed by atoms with Crippen LogP contribution in [0.4, 0.5) is 0 Å². The molecular formula is C17H19N5O2. The number of carbonyl (C=O) groups excluding carboxylic acids is 2. The molecule has 0 spiro atoms. The fourth-order valence-corrected chi connectivity index (χ4v) is 3.59. The maximum absolute atomic E-state index is 12.9. The summed E-state index contributed by atoms with van der Waals surface area (Å²) in [6.45, 7) is 0.0954. The largest absolute Gasteiger partial charge is 0.350 e. The highest BCUT2D eigenvalue weighted by Gasteiger charge is 2.39. The van der Waals surface area contributed by atoms with Gasteiger partial charge in [0.1, 0.15) is 6.54 Å². The zero-order valence-electron chi connectivity index (χ0n) is 13.3. The number of carbonyl (C=O) groups is 2. The molecule has 0 radical (unpaired) electrons. The maximum atomic E-state index is 12.9. The molecule has 1 saturated carbocycles. The number of nitrogens with one attached hydrogen (secondary N) is 1. The van der Waals surface area contributed by atoms with E-state index in [0.717, 1.165) is 31.4 Å². The summed E-state index contributed by atoms with van der Waals surface area (Å²) in [5.74, 6) is -0.314. The molecule has 2 heterocycles. The Labute approximate surface area is 139 Å².